The minimum atomic E-state index is -0.750. The van der Waals surface area contributed by atoms with Crippen molar-refractivity contribution in [2.24, 2.45) is 0 Å². The van der Waals surface area contributed by atoms with Gasteiger partial charge in [0.1, 0.15) is 0 Å². The Morgan fingerprint density at radius 2 is 1.21 bits per heavy atom. The SMILES string of the molecule is Oc1cc2c(c(O)c1O)C(SCc1ccccc1)C(O)C2SCc1ccccc1. The topological polar surface area (TPSA) is 80.9 Å². The summed E-state index contributed by atoms with van der Waals surface area (Å²) in [7, 11) is 0. The van der Waals surface area contributed by atoms with Gasteiger partial charge in [0.15, 0.2) is 11.5 Å². The molecule has 3 unspecified atom stereocenters. The van der Waals surface area contributed by atoms with E-state index in [4.69, 9.17) is 0 Å². The number of rotatable bonds is 6. The molecule has 0 spiro atoms. The van der Waals surface area contributed by atoms with Gasteiger partial charge in [-0.05, 0) is 22.8 Å². The van der Waals surface area contributed by atoms with E-state index in [-0.39, 0.29) is 16.7 Å². The first-order valence-corrected chi connectivity index (χ1v) is 11.4. The molecule has 0 aliphatic heterocycles. The molecule has 0 bridgehead atoms. The van der Waals surface area contributed by atoms with Crippen LogP contribution in [-0.4, -0.2) is 26.5 Å². The Balaban J connectivity index is 1.62. The van der Waals surface area contributed by atoms with Gasteiger partial charge in [-0.15, -0.1) is 23.5 Å². The summed E-state index contributed by atoms with van der Waals surface area (Å²) in [6.07, 6.45) is -0.750. The molecule has 0 fully saturated rings. The summed E-state index contributed by atoms with van der Waals surface area (Å²) in [4.78, 5) is 0. The maximum Gasteiger partial charge on any atom is 0.200 e. The molecule has 6 heteroatoms. The van der Waals surface area contributed by atoms with Crippen molar-refractivity contribution < 1.29 is 20.4 Å². The van der Waals surface area contributed by atoms with E-state index in [1.807, 2.05) is 60.7 Å². The standard InChI is InChI=1S/C23H22O4S2/c24-17-11-16-18(20(26)19(17)25)23(29-13-15-9-5-2-6-10-15)21(27)22(16)28-12-14-7-3-1-4-8-14/h1-11,21-27H,12-13H2. The van der Waals surface area contributed by atoms with E-state index in [1.54, 1.807) is 11.8 Å². The molecule has 150 valence electrons. The van der Waals surface area contributed by atoms with Gasteiger partial charge in [0.2, 0.25) is 5.75 Å². The Bertz CT molecular complexity index is 979. The Kier molecular flexibility index (Phi) is 5.94. The molecular weight excluding hydrogens is 404 g/mol. The first-order chi connectivity index (χ1) is 14.1. The molecule has 4 nitrogen and oxygen atoms in total. The summed E-state index contributed by atoms with van der Waals surface area (Å²) < 4.78 is 0. The fourth-order valence-electron chi connectivity index (χ4n) is 3.62. The largest absolute Gasteiger partial charge is 0.504 e. The highest BCUT2D eigenvalue weighted by Crippen LogP contribution is 2.59. The zero-order valence-electron chi connectivity index (χ0n) is 15.6. The average Bonchev–Trinajstić information content (AvgIpc) is 3.01. The fourth-order valence-corrected chi connectivity index (χ4v) is 6.34. The first-order valence-electron chi connectivity index (χ1n) is 9.33. The third-order valence-electron chi connectivity index (χ3n) is 5.08. The van der Waals surface area contributed by atoms with Gasteiger partial charge in [0, 0.05) is 17.1 Å². The lowest BCUT2D eigenvalue weighted by molar-refractivity contribution is 0.180. The van der Waals surface area contributed by atoms with Crippen LogP contribution >= 0.6 is 23.5 Å². The second-order valence-electron chi connectivity index (χ2n) is 7.02. The summed E-state index contributed by atoms with van der Waals surface area (Å²) in [5, 5.41) is 41.0. The van der Waals surface area contributed by atoms with Crippen molar-refractivity contribution in [1.82, 2.24) is 0 Å². The predicted octanol–water partition coefficient (Wildman–Crippen LogP) is 5.13. The quantitative estimate of drug-likeness (QED) is 0.409. The zero-order valence-corrected chi connectivity index (χ0v) is 17.2. The van der Waals surface area contributed by atoms with Crippen molar-refractivity contribution in [3.05, 3.63) is 89.0 Å². The summed E-state index contributed by atoms with van der Waals surface area (Å²) in [5.41, 5.74) is 3.45. The van der Waals surface area contributed by atoms with Gasteiger partial charge in [0.25, 0.3) is 0 Å². The number of aliphatic hydroxyl groups excluding tert-OH is 1. The summed E-state index contributed by atoms with van der Waals surface area (Å²) in [6.45, 7) is 0. The van der Waals surface area contributed by atoms with Gasteiger partial charge in [-0.2, -0.15) is 0 Å². The molecule has 0 saturated carbocycles. The molecule has 3 aromatic carbocycles. The summed E-state index contributed by atoms with van der Waals surface area (Å²) in [5.74, 6) is 0.120. The lowest BCUT2D eigenvalue weighted by Gasteiger charge is -2.20. The molecule has 0 saturated heterocycles. The van der Waals surface area contributed by atoms with Crippen LogP contribution in [0.2, 0.25) is 0 Å². The van der Waals surface area contributed by atoms with Crippen molar-refractivity contribution in [1.29, 1.82) is 0 Å². The summed E-state index contributed by atoms with van der Waals surface area (Å²) in [6, 6.07) is 21.4. The molecule has 0 aromatic heterocycles. The molecule has 3 atom stereocenters. The van der Waals surface area contributed by atoms with Crippen LogP contribution in [0, 0.1) is 0 Å². The van der Waals surface area contributed by atoms with E-state index in [9.17, 15) is 20.4 Å². The van der Waals surface area contributed by atoms with Gasteiger partial charge < -0.3 is 20.4 Å². The highest BCUT2D eigenvalue weighted by molar-refractivity contribution is 8.00. The fraction of sp³-hybridized carbons (Fsp3) is 0.217. The Hall–Kier alpha value is -2.28. The van der Waals surface area contributed by atoms with Crippen LogP contribution < -0.4 is 0 Å². The molecule has 4 rings (SSSR count). The van der Waals surface area contributed by atoms with Crippen LogP contribution in [0.3, 0.4) is 0 Å². The van der Waals surface area contributed by atoms with E-state index < -0.39 is 17.1 Å². The van der Waals surface area contributed by atoms with Crippen molar-refractivity contribution in [3.8, 4) is 17.2 Å². The normalized spacial score (nSPS) is 20.5. The van der Waals surface area contributed by atoms with E-state index >= 15 is 0 Å². The van der Waals surface area contributed by atoms with Crippen LogP contribution in [0.15, 0.2) is 66.7 Å². The van der Waals surface area contributed by atoms with Crippen LogP contribution in [0.1, 0.15) is 32.8 Å². The monoisotopic (exact) mass is 426 g/mol. The number of phenols is 3. The molecule has 4 N–H and O–H groups in total. The molecule has 0 heterocycles. The third kappa shape index (κ3) is 4.06. The maximum absolute atomic E-state index is 11.1. The number of benzene rings is 3. The summed E-state index contributed by atoms with van der Waals surface area (Å²) >= 11 is 3.10. The van der Waals surface area contributed by atoms with Gasteiger partial charge in [0.05, 0.1) is 16.6 Å². The van der Waals surface area contributed by atoms with Gasteiger partial charge in [-0.1, -0.05) is 60.7 Å². The van der Waals surface area contributed by atoms with Crippen molar-refractivity contribution in [2.75, 3.05) is 0 Å². The smallest absolute Gasteiger partial charge is 0.200 e. The van der Waals surface area contributed by atoms with E-state index in [0.29, 0.717) is 22.6 Å². The van der Waals surface area contributed by atoms with E-state index in [1.165, 1.54) is 17.8 Å². The number of thioether (sulfide) groups is 2. The minimum Gasteiger partial charge on any atom is -0.504 e. The molecule has 1 aliphatic carbocycles. The van der Waals surface area contributed by atoms with Crippen LogP contribution in [-0.2, 0) is 11.5 Å². The average molecular weight is 427 g/mol. The van der Waals surface area contributed by atoms with Gasteiger partial charge in [-0.3, -0.25) is 0 Å². The van der Waals surface area contributed by atoms with Crippen LogP contribution in [0.5, 0.6) is 17.2 Å². The first kappa shape index (κ1) is 20.0. The molecular formula is C23H22O4S2. The number of hydrogen-bond acceptors (Lipinski definition) is 6. The number of aromatic hydroxyl groups is 3. The molecule has 29 heavy (non-hydrogen) atoms. The third-order valence-corrected chi connectivity index (χ3v) is 7.85. The van der Waals surface area contributed by atoms with Crippen LogP contribution in [0.4, 0.5) is 0 Å². The number of aliphatic hydroxyl groups is 1. The van der Waals surface area contributed by atoms with Gasteiger partial charge >= 0.3 is 0 Å². The molecule has 3 aromatic rings. The Morgan fingerprint density at radius 1 is 0.690 bits per heavy atom. The predicted molar refractivity (Wildman–Crippen MR) is 118 cm³/mol. The number of hydrogen-bond donors (Lipinski definition) is 4. The molecule has 0 radical (unpaired) electrons. The zero-order chi connectivity index (χ0) is 20.4. The van der Waals surface area contributed by atoms with Crippen LogP contribution in [0.25, 0.3) is 0 Å². The van der Waals surface area contributed by atoms with Crippen molar-refractivity contribution >= 4 is 23.5 Å². The Labute approximate surface area is 178 Å². The molecule has 0 amide bonds. The highest BCUT2D eigenvalue weighted by atomic mass is 32.2. The molecule has 1 aliphatic rings. The Morgan fingerprint density at radius 3 is 1.76 bits per heavy atom. The highest BCUT2D eigenvalue weighted by Gasteiger charge is 2.43. The van der Waals surface area contributed by atoms with Crippen molar-refractivity contribution in [3.63, 3.8) is 0 Å². The van der Waals surface area contributed by atoms with E-state index in [2.05, 4.69) is 0 Å². The second kappa shape index (κ2) is 8.61. The van der Waals surface area contributed by atoms with E-state index in [0.717, 1.165) is 11.1 Å². The van der Waals surface area contributed by atoms with Crippen molar-refractivity contribution in [2.45, 2.75) is 28.1 Å². The lowest BCUT2D eigenvalue weighted by atomic mass is 10.1. The second-order valence-corrected chi connectivity index (χ2v) is 9.28. The lowest BCUT2D eigenvalue weighted by Crippen LogP contribution is -2.14. The maximum atomic E-state index is 11.1. The van der Waals surface area contributed by atoms with Gasteiger partial charge in [-0.25, -0.2) is 0 Å². The minimum absolute atomic E-state index is 0.309. The number of fused-ring (bicyclic) bond motifs is 1. The number of phenolic OH excluding ortho intramolecular Hbond substituents is 3.